The summed E-state index contributed by atoms with van der Waals surface area (Å²) in [7, 11) is 0. The number of amides is 1. The molecule has 0 aliphatic carbocycles. The van der Waals surface area contributed by atoms with Gasteiger partial charge in [0.05, 0.1) is 5.52 Å². The molecule has 4 aromatic rings. The first-order valence-electron chi connectivity index (χ1n) is 11.3. The summed E-state index contributed by atoms with van der Waals surface area (Å²) in [4.78, 5) is 19.1. The van der Waals surface area contributed by atoms with Gasteiger partial charge in [-0.1, -0.05) is 30.2 Å². The molecule has 0 saturated carbocycles. The van der Waals surface area contributed by atoms with Gasteiger partial charge >= 0.3 is 0 Å². The van der Waals surface area contributed by atoms with Crippen LogP contribution in [0.25, 0.3) is 21.7 Å². The van der Waals surface area contributed by atoms with Crippen molar-refractivity contribution in [2.75, 3.05) is 38.0 Å². The molecule has 0 unspecified atom stereocenters. The Morgan fingerprint density at radius 1 is 1.03 bits per heavy atom. The van der Waals surface area contributed by atoms with Crippen molar-refractivity contribution in [1.29, 1.82) is 0 Å². The van der Waals surface area contributed by atoms with Crippen molar-refractivity contribution in [2.24, 2.45) is 0 Å². The second-order valence-corrected chi connectivity index (χ2v) is 8.35. The zero-order valence-corrected chi connectivity index (χ0v) is 18.5. The quantitative estimate of drug-likeness (QED) is 0.465. The molecule has 164 valence electrons. The molecule has 0 spiro atoms. The van der Waals surface area contributed by atoms with Gasteiger partial charge in [-0.2, -0.15) is 0 Å². The van der Waals surface area contributed by atoms with Gasteiger partial charge in [-0.25, -0.2) is 0 Å². The highest BCUT2D eigenvalue weighted by atomic mass is 16.2. The van der Waals surface area contributed by atoms with E-state index in [1.54, 1.807) is 0 Å². The van der Waals surface area contributed by atoms with Crippen molar-refractivity contribution >= 4 is 33.3 Å². The monoisotopic (exact) mass is 434 g/mol. The van der Waals surface area contributed by atoms with Crippen LogP contribution < -0.4 is 10.6 Å². The van der Waals surface area contributed by atoms with E-state index in [9.17, 15) is 4.79 Å². The standard InChI is InChI=1S/C28H26N4O/c1-2-20-4-8-26-25(18-20)27(10-12-31-26)30-11-9-21-3-5-23-19-24(7-6-22(23)17-21)28(33)32-15-13-29-14-16-32/h1,3-8,10,12,17-19,29H,9,11,13-16H2,(H,30,31). The van der Waals surface area contributed by atoms with E-state index in [1.807, 2.05) is 47.5 Å². The lowest BCUT2D eigenvalue weighted by Crippen LogP contribution is -2.46. The maximum Gasteiger partial charge on any atom is 0.253 e. The van der Waals surface area contributed by atoms with Crippen molar-refractivity contribution < 1.29 is 4.79 Å². The van der Waals surface area contributed by atoms with Crippen molar-refractivity contribution in [3.63, 3.8) is 0 Å². The summed E-state index contributed by atoms with van der Waals surface area (Å²) < 4.78 is 0. The van der Waals surface area contributed by atoms with E-state index in [4.69, 9.17) is 6.42 Å². The Morgan fingerprint density at radius 2 is 1.85 bits per heavy atom. The molecule has 5 rings (SSSR count). The minimum Gasteiger partial charge on any atom is -0.384 e. The number of benzene rings is 3. The molecular formula is C28H26N4O. The number of nitrogens with zero attached hydrogens (tertiary/aromatic N) is 2. The fourth-order valence-electron chi connectivity index (χ4n) is 4.37. The second-order valence-electron chi connectivity index (χ2n) is 8.35. The highest BCUT2D eigenvalue weighted by molar-refractivity contribution is 5.98. The van der Waals surface area contributed by atoms with E-state index >= 15 is 0 Å². The molecule has 1 amide bonds. The molecule has 0 bridgehead atoms. The van der Waals surface area contributed by atoms with Crippen molar-refractivity contribution in [3.8, 4) is 12.3 Å². The Kier molecular flexibility index (Phi) is 5.93. The smallest absolute Gasteiger partial charge is 0.253 e. The van der Waals surface area contributed by atoms with Crippen LogP contribution >= 0.6 is 0 Å². The third kappa shape index (κ3) is 4.52. The molecule has 1 aromatic heterocycles. The number of pyridine rings is 1. The van der Waals surface area contributed by atoms with Gasteiger partial charge in [-0.05, 0) is 59.2 Å². The number of anilines is 1. The number of piperazine rings is 1. The van der Waals surface area contributed by atoms with Crippen molar-refractivity contribution in [1.82, 2.24) is 15.2 Å². The number of rotatable bonds is 5. The summed E-state index contributed by atoms with van der Waals surface area (Å²) in [5.74, 6) is 2.81. The predicted molar refractivity (Wildman–Crippen MR) is 135 cm³/mol. The lowest BCUT2D eigenvalue weighted by Gasteiger charge is -2.27. The molecular weight excluding hydrogens is 408 g/mol. The summed E-state index contributed by atoms with van der Waals surface area (Å²) in [6.45, 7) is 4.04. The number of hydrogen-bond donors (Lipinski definition) is 2. The van der Waals surface area contributed by atoms with E-state index < -0.39 is 0 Å². The zero-order valence-electron chi connectivity index (χ0n) is 18.5. The van der Waals surface area contributed by atoms with E-state index in [1.165, 1.54) is 5.56 Å². The van der Waals surface area contributed by atoms with Gasteiger partial charge in [-0.3, -0.25) is 9.78 Å². The van der Waals surface area contributed by atoms with Crippen LogP contribution in [-0.2, 0) is 6.42 Å². The van der Waals surface area contributed by atoms with Gasteiger partial charge in [0.1, 0.15) is 0 Å². The summed E-state index contributed by atoms with van der Waals surface area (Å²) in [5.41, 5.74) is 4.82. The van der Waals surface area contributed by atoms with Gasteiger partial charge < -0.3 is 15.5 Å². The zero-order chi connectivity index (χ0) is 22.6. The number of fused-ring (bicyclic) bond motifs is 2. The summed E-state index contributed by atoms with van der Waals surface area (Å²) in [6.07, 6.45) is 8.26. The van der Waals surface area contributed by atoms with Crippen LogP contribution in [-0.4, -0.2) is 48.5 Å². The van der Waals surface area contributed by atoms with E-state index in [0.29, 0.717) is 0 Å². The van der Waals surface area contributed by atoms with Crippen LogP contribution in [0, 0.1) is 12.3 Å². The number of carbonyl (C=O) groups is 1. The molecule has 5 nitrogen and oxygen atoms in total. The second kappa shape index (κ2) is 9.32. The van der Waals surface area contributed by atoms with Gasteiger partial charge in [-0.15, -0.1) is 6.42 Å². The molecule has 2 N–H and O–H groups in total. The number of hydrogen-bond acceptors (Lipinski definition) is 4. The molecule has 5 heteroatoms. The lowest BCUT2D eigenvalue weighted by atomic mass is 10.0. The molecule has 1 aliphatic rings. The summed E-state index contributed by atoms with van der Waals surface area (Å²) in [5, 5.41) is 10.1. The third-order valence-electron chi connectivity index (χ3n) is 6.19. The average molecular weight is 435 g/mol. The van der Waals surface area contributed by atoms with Crippen molar-refractivity contribution in [2.45, 2.75) is 6.42 Å². The predicted octanol–water partition coefficient (Wildman–Crippen LogP) is 4.07. The average Bonchev–Trinajstić information content (AvgIpc) is 2.88. The highest BCUT2D eigenvalue weighted by Crippen LogP contribution is 2.23. The Labute approximate surface area is 193 Å². The fourth-order valence-corrected chi connectivity index (χ4v) is 4.37. The Bertz CT molecular complexity index is 1370. The number of terminal acetylenes is 1. The van der Waals surface area contributed by atoms with Crippen LogP contribution in [0.3, 0.4) is 0 Å². The van der Waals surface area contributed by atoms with E-state index in [2.05, 4.69) is 45.8 Å². The number of nitrogens with one attached hydrogen (secondary N) is 2. The maximum absolute atomic E-state index is 12.8. The SMILES string of the molecule is C#Cc1ccc2nccc(NCCc3ccc4cc(C(=O)N5CCNCC5)ccc4c3)c2c1. The largest absolute Gasteiger partial charge is 0.384 e. The van der Waals surface area contributed by atoms with Crippen LogP contribution in [0.15, 0.2) is 66.9 Å². The minimum absolute atomic E-state index is 0.115. The van der Waals surface area contributed by atoms with E-state index in [-0.39, 0.29) is 5.91 Å². The number of carbonyl (C=O) groups excluding carboxylic acids is 1. The Morgan fingerprint density at radius 3 is 2.70 bits per heavy atom. The maximum atomic E-state index is 12.8. The fraction of sp³-hybridized carbons (Fsp3) is 0.214. The molecule has 1 saturated heterocycles. The third-order valence-corrected chi connectivity index (χ3v) is 6.19. The Balaban J connectivity index is 1.28. The van der Waals surface area contributed by atoms with Crippen LogP contribution in [0.2, 0.25) is 0 Å². The van der Waals surface area contributed by atoms with Crippen LogP contribution in [0.5, 0.6) is 0 Å². The normalized spacial score (nSPS) is 13.7. The van der Waals surface area contributed by atoms with Gasteiger partial charge in [0.15, 0.2) is 0 Å². The molecule has 2 heterocycles. The lowest BCUT2D eigenvalue weighted by molar-refractivity contribution is 0.0736. The van der Waals surface area contributed by atoms with Gasteiger partial charge in [0.2, 0.25) is 0 Å². The first-order chi connectivity index (χ1) is 16.2. The molecule has 0 atom stereocenters. The molecule has 0 radical (unpaired) electrons. The van der Waals surface area contributed by atoms with Crippen molar-refractivity contribution in [3.05, 3.63) is 83.6 Å². The molecule has 3 aromatic carbocycles. The van der Waals surface area contributed by atoms with Gasteiger partial charge in [0.25, 0.3) is 5.91 Å². The molecule has 1 fully saturated rings. The van der Waals surface area contributed by atoms with Crippen LogP contribution in [0.4, 0.5) is 5.69 Å². The minimum atomic E-state index is 0.115. The van der Waals surface area contributed by atoms with Crippen LogP contribution in [0.1, 0.15) is 21.5 Å². The van der Waals surface area contributed by atoms with Gasteiger partial charge in [0, 0.05) is 61.1 Å². The highest BCUT2D eigenvalue weighted by Gasteiger charge is 2.18. The summed E-state index contributed by atoms with van der Waals surface area (Å²) in [6, 6.07) is 20.3. The first-order valence-corrected chi connectivity index (χ1v) is 11.3. The first kappa shape index (κ1) is 21.0. The van der Waals surface area contributed by atoms with E-state index in [0.717, 1.165) is 77.6 Å². The molecule has 33 heavy (non-hydrogen) atoms. The Hall–Kier alpha value is -3.88. The molecule has 1 aliphatic heterocycles. The topological polar surface area (TPSA) is 57.3 Å². The summed E-state index contributed by atoms with van der Waals surface area (Å²) >= 11 is 0. The number of aromatic nitrogens is 1.